The SMILES string of the molecule is O=C(O)Cc1ccc(Oc2nc(-c3ccc(Cl)s3)nc3c2C[S+]([O-])CC3)cc1. The van der Waals surface area contributed by atoms with Crippen molar-refractivity contribution < 1.29 is 19.2 Å². The number of carboxylic acid groups (broad SMARTS) is 1. The van der Waals surface area contributed by atoms with Crippen molar-refractivity contribution >= 4 is 40.1 Å². The number of fused-ring (bicyclic) bond motifs is 1. The summed E-state index contributed by atoms with van der Waals surface area (Å²) in [5, 5.41) is 8.88. The van der Waals surface area contributed by atoms with E-state index in [0.717, 1.165) is 16.1 Å². The molecule has 28 heavy (non-hydrogen) atoms. The van der Waals surface area contributed by atoms with E-state index in [2.05, 4.69) is 9.97 Å². The normalized spacial score (nSPS) is 15.9. The molecular weight excluding hydrogens is 420 g/mol. The first kappa shape index (κ1) is 19.2. The highest BCUT2D eigenvalue weighted by Gasteiger charge is 2.27. The van der Waals surface area contributed by atoms with Gasteiger partial charge < -0.3 is 14.4 Å². The first-order chi connectivity index (χ1) is 13.5. The minimum atomic E-state index is -0.971. The summed E-state index contributed by atoms with van der Waals surface area (Å²) in [6.07, 6.45) is 0.552. The van der Waals surface area contributed by atoms with Crippen LogP contribution in [0, 0.1) is 0 Å². The van der Waals surface area contributed by atoms with Gasteiger partial charge in [0.2, 0.25) is 5.88 Å². The molecule has 1 aromatic carbocycles. The quantitative estimate of drug-likeness (QED) is 0.608. The third-order valence-corrected chi connectivity index (χ3v) is 6.71. The smallest absolute Gasteiger partial charge is 0.307 e. The van der Waals surface area contributed by atoms with Gasteiger partial charge in [-0.3, -0.25) is 4.79 Å². The van der Waals surface area contributed by atoms with Crippen LogP contribution < -0.4 is 4.74 Å². The second-order valence-corrected chi connectivity index (χ2v) is 9.53. The standard InChI is InChI=1S/C19H15ClN2O4S2/c20-16-6-5-15(27-16)18-21-14-7-8-28(25)10-13(14)19(22-18)26-12-3-1-11(2-4-12)9-17(23)24/h1-6H,7-10H2,(H,23,24). The second-order valence-electron chi connectivity index (χ2n) is 6.24. The number of aryl methyl sites for hydroxylation is 1. The maximum atomic E-state index is 12.1. The summed E-state index contributed by atoms with van der Waals surface area (Å²) in [5.74, 6) is 1.47. The molecule has 1 atom stereocenters. The number of carbonyl (C=O) groups is 1. The van der Waals surface area contributed by atoms with Crippen LogP contribution in [0.25, 0.3) is 10.7 Å². The number of carboxylic acids is 1. The molecule has 0 aliphatic carbocycles. The van der Waals surface area contributed by atoms with E-state index in [-0.39, 0.29) is 6.42 Å². The third-order valence-electron chi connectivity index (χ3n) is 4.21. The van der Waals surface area contributed by atoms with Crippen molar-refractivity contribution in [2.75, 3.05) is 5.75 Å². The molecule has 1 N–H and O–H groups in total. The van der Waals surface area contributed by atoms with Crippen molar-refractivity contribution in [3.8, 4) is 22.3 Å². The predicted octanol–water partition coefficient (Wildman–Crippen LogP) is 4.08. The van der Waals surface area contributed by atoms with Gasteiger partial charge in [0.1, 0.15) is 17.3 Å². The Morgan fingerprint density at radius 2 is 2.04 bits per heavy atom. The molecule has 0 radical (unpaired) electrons. The Kier molecular flexibility index (Phi) is 5.54. The van der Waals surface area contributed by atoms with Gasteiger partial charge in [-0.25, -0.2) is 4.98 Å². The Bertz CT molecular complexity index is 1020. The topological polar surface area (TPSA) is 95.4 Å². The van der Waals surface area contributed by atoms with E-state index in [0.29, 0.717) is 45.3 Å². The summed E-state index contributed by atoms with van der Waals surface area (Å²) >= 11 is 6.46. The zero-order valence-corrected chi connectivity index (χ0v) is 16.9. The van der Waals surface area contributed by atoms with Crippen molar-refractivity contribution in [2.24, 2.45) is 0 Å². The van der Waals surface area contributed by atoms with Crippen molar-refractivity contribution in [3.63, 3.8) is 0 Å². The molecule has 2 aromatic heterocycles. The van der Waals surface area contributed by atoms with E-state index in [1.807, 2.05) is 6.07 Å². The van der Waals surface area contributed by atoms with Gasteiger partial charge in [-0.15, -0.1) is 11.3 Å². The number of rotatable bonds is 5. The van der Waals surface area contributed by atoms with Crippen molar-refractivity contribution in [1.82, 2.24) is 9.97 Å². The van der Waals surface area contributed by atoms with E-state index in [1.165, 1.54) is 11.3 Å². The molecule has 144 valence electrons. The number of halogens is 1. The monoisotopic (exact) mass is 434 g/mol. The highest BCUT2D eigenvalue weighted by molar-refractivity contribution is 7.90. The van der Waals surface area contributed by atoms with Gasteiger partial charge in [0, 0.05) is 6.42 Å². The molecule has 0 saturated heterocycles. The molecule has 3 aromatic rings. The van der Waals surface area contributed by atoms with Gasteiger partial charge in [-0.2, -0.15) is 4.98 Å². The molecule has 0 spiro atoms. The predicted molar refractivity (Wildman–Crippen MR) is 109 cm³/mol. The van der Waals surface area contributed by atoms with Crippen LogP contribution in [0.5, 0.6) is 11.6 Å². The summed E-state index contributed by atoms with van der Waals surface area (Å²) in [4.78, 5) is 20.9. The minimum absolute atomic E-state index is 0.0501. The largest absolute Gasteiger partial charge is 0.616 e. The summed E-state index contributed by atoms with van der Waals surface area (Å²) in [5.41, 5.74) is 2.27. The van der Waals surface area contributed by atoms with Crippen molar-refractivity contribution in [3.05, 3.63) is 57.6 Å². The zero-order valence-electron chi connectivity index (χ0n) is 14.6. The van der Waals surface area contributed by atoms with Crippen LogP contribution >= 0.6 is 22.9 Å². The molecule has 0 saturated carbocycles. The lowest BCUT2D eigenvalue weighted by Crippen LogP contribution is -2.21. The number of aromatic nitrogens is 2. The highest BCUT2D eigenvalue weighted by Crippen LogP contribution is 2.35. The molecular formula is C19H15ClN2O4S2. The lowest BCUT2D eigenvalue weighted by Gasteiger charge is -2.21. The number of ether oxygens (including phenoxy) is 1. The lowest BCUT2D eigenvalue weighted by molar-refractivity contribution is -0.136. The van der Waals surface area contributed by atoms with Crippen LogP contribution in [0.15, 0.2) is 36.4 Å². The summed E-state index contributed by atoms with van der Waals surface area (Å²) in [6.45, 7) is 0. The van der Waals surface area contributed by atoms with E-state index in [9.17, 15) is 9.35 Å². The van der Waals surface area contributed by atoms with Gasteiger partial charge >= 0.3 is 5.97 Å². The molecule has 3 heterocycles. The van der Waals surface area contributed by atoms with Crippen LogP contribution in [0.3, 0.4) is 0 Å². The number of thiophene rings is 1. The molecule has 0 fully saturated rings. The Morgan fingerprint density at radius 1 is 1.25 bits per heavy atom. The fraction of sp³-hybridized carbons (Fsp3) is 0.211. The van der Waals surface area contributed by atoms with Crippen LogP contribution in [-0.4, -0.2) is 31.3 Å². The summed E-state index contributed by atoms with van der Waals surface area (Å²) in [7, 11) is 0. The highest BCUT2D eigenvalue weighted by atomic mass is 35.5. The van der Waals surface area contributed by atoms with Gasteiger partial charge in [0.05, 0.1) is 26.9 Å². The number of nitrogens with zero attached hydrogens (tertiary/aromatic N) is 2. The Balaban J connectivity index is 1.69. The van der Waals surface area contributed by atoms with Gasteiger partial charge in [0.25, 0.3) is 0 Å². The first-order valence-corrected chi connectivity index (χ1v) is 11.2. The van der Waals surface area contributed by atoms with E-state index >= 15 is 0 Å². The van der Waals surface area contributed by atoms with Crippen LogP contribution in [-0.2, 0) is 34.6 Å². The van der Waals surface area contributed by atoms with Crippen LogP contribution in [0.4, 0.5) is 0 Å². The third kappa shape index (κ3) is 4.30. The molecule has 4 rings (SSSR count). The zero-order chi connectivity index (χ0) is 19.7. The molecule has 1 unspecified atom stereocenters. The first-order valence-electron chi connectivity index (χ1n) is 8.47. The number of hydrogen-bond donors (Lipinski definition) is 1. The molecule has 1 aliphatic heterocycles. The fourth-order valence-electron chi connectivity index (χ4n) is 2.89. The number of benzene rings is 1. The second kappa shape index (κ2) is 8.08. The Hall–Kier alpha value is -2.13. The van der Waals surface area contributed by atoms with Gasteiger partial charge in [-0.1, -0.05) is 23.7 Å². The number of aliphatic carboxylic acids is 1. The molecule has 9 heteroatoms. The summed E-state index contributed by atoms with van der Waals surface area (Å²) in [6, 6.07) is 10.5. The Labute approximate surface area is 173 Å². The number of hydrogen-bond acceptors (Lipinski definition) is 6. The average Bonchev–Trinajstić information content (AvgIpc) is 3.09. The van der Waals surface area contributed by atoms with Crippen molar-refractivity contribution in [2.45, 2.75) is 18.6 Å². The summed E-state index contributed by atoms with van der Waals surface area (Å²) < 4.78 is 18.7. The minimum Gasteiger partial charge on any atom is -0.616 e. The van der Waals surface area contributed by atoms with E-state index in [1.54, 1.807) is 30.3 Å². The maximum absolute atomic E-state index is 12.1. The Morgan fingerprint density at radius 3 is 2.71 bits per heavy atom. The van der Waals surface area contributed by atoms with Crippen LogP contribution in [0.2, 0.25) is 4.34 Å². The van der Waals surface area contributed by atoms with E-state index in [4.69, 9.17) is 21.4 Å². The molecule has 0 amide bonds. The molecule has 6 nitrogen and oxygen atoms in total. The average molecular weight is 435 g/mol. The fourth-order valence-corrected chi connectivity index (χ4v) is 5.05. The van der Waals surface area contributed by atoms with Crippen LogP contribution in [0.1, 0.15) is 16.8 Å². The van der Waals surface area contributed by atoms with Crippen molar-refractivity contribution in [1.29, 1.82) is 0 Å². The molecule has 0 bridgehead atoms. The maximum Gasteiger partial charge on any atom is 0.307 e. The van der Waals surface area contributed by atoms with E-state index < -0.39 is 17.1 Å². The molecule has 1 aliphatic rings. The van der Waals surface area contributed by atoms with Gasteiger partial charge in [-0.05, 0) is 41.0 Å². The van der Waals surface area contributed by atoms with Gasteiger partial charge in [0.15, 0.2) is 5.82 Å². The lowest BCUT2D eigenvalue weighted by atomic mass is 10.1.